The van der Waals surface area contributed by atoms with E-state index < -0.39 is 0 Å². The van der Waals surface area contributed by atoms with Gasteiger partial charge in [-0.3, -0.25) is 9.59 Å². The van der Waals surface area contributed by atoms with Gasteiger partial charge in [0.15, 0.2) is 0 Å². The van der Waals surface area contributed by atoms with E-state index in [-0.39, 0.29) is 11.8 Å². The Bertz CT molecular complexity index is 1230. The van der Waals surface area contributed by atoms with Crippen LogP contribution in [0.2, 0.25) is 0 Å². The van der Waals surface area contributed by atoms with Crippen LogP contribution in [-0.4, -0.2) is 16.8 Å². The Labute approximate surface area is 190 Å². The predicted octanol–water partition coefficient (Wildman–Crippen LogP) is 6.05. The van der Waals surface area contributed by atoms with Crippen molar-refractivity contribution in [1.29, 1.82) is 0 Å². The summed E-state index contributed by atoms with van der Waals surface area (Å²) in [5.41, 5.74) is 3.07. The number of nitrogens with one attached hydrogen (secondary N) is 2. The second kappa shape index (κ2) is 9.94. The lowest BCUT2D eigenvalue weighted by atomic mass is 10.1. The van der Waals surface area contributed by atoms with E-state index in [4.69, 9.17) is 0 Å². The molecule has 4 aromatic rings. The van der Waals surface area contributed by atoms with Gasteiger partial charge in [0, 0.05) is 33.6 Å². The first kappa shape index (κ1) is 21.3. The van der Waals surface area contributed by atoms with Crippen LogP contribution in [0.25, 0.3) is 0 Å². The zero-order valence-corrected chi connectivity index (χ0v) is 18.2. The maximum atomic E-state index is 12.8. The molecule has 0 spiro atoms. The van der Waals surface area contributed by atoms with Gasteiger partial charge >= 0.3 is 0 Å². The average molecular weight is 440 g/mol. The fourth-order valence-corrected chi connectivity index (χ4v) is 3.91. The van der Waals surface area contributed by atoms with Gasteiger partial charge in [-0.05, 0) is 73.2 Å². The van der Waals surface area contributed by atoms with Crippen LogP contribution < -0.4 is 10.6 Å². The first-order valence-corrected chi connectivity index (χ1v) is 10.9. The smallest absolute Gasteiger partial charge is 0.256 e. The monoisotopic (exact) mass is 439 g/mol. The third kappa shape index (κ3) is 5.22. The summed E-state index contributed by atoms with van der Waals surface area (Å²) in [7, 11) is 0. The Morgan fingerprint density at radius 3 is 2.22 bits per heavy atom. The number of aromatic nitrogens is 1. The van der Waals surface area contributed by atoms with E-state index >= 15 is 0 Å². The topological polar surface area (TPSA) is 71.1 Å². The van der Waals surface area contributed by atoms with E-state index in [9.17, 15) is 9.59 Å². The number of hydrogen-bond donors (Lipinski definition) is 2. The molecule has 2 N–H and O–H groups in total. The highest BCUT2D eigenvalue weighted by molar-refractivity contribution is 7.99. The highest BCUT2D eigenvalue weighted by Crippen LogP contribution is 2.26. The molecule has 0 saturated heterocycles. The molecule has 0 fully saturated rings. The first-order valence-electron chi connectivity index (χ1n) is 10.1. The van der Waals surface area contributed by atoms with Gasteiger partial charge in [0.1, 0.15) is 5.03 Å². The Morgan fingerprint density at radius 1 is 0.750 bits per heavy atom. The van der Waals surface area contributed by atoms with E-state index in [1.54, 1.807) is 36.5 Å². The highest BCUT2D eigenvalue weighted by Gasteiger charge is 2.14. The van der Waals surface area contributed by atoms with Gasteiger partial charge in [0.05, 0.1) is 0 Å². The SMILES string of the molecule is Cc1c(NC(=O)c2ccc(Sc3ccccn3)cc2)cccc1C(=O)Nc1ccccc1. The zero-order chi connectivity index (χ0) is 22.3. The number of para-hydroxylation sites is 1. The van der Waals surface area contributed by atoms with E-state index in [1.807, 2.05) is 67.6 Å². The fourth-order valence-electron chi connectivity index (χ4n) is 3.13. The third-order valence-electron chi connectivity index (χ3n) is 4.83. The van der Waals surface area contributed by atoms with Crippen molar-refractivity contribution in [3.05, 3.63) is 114 Å². The molecule has 0 aliphatic rings. The minimum Gasteiger partial charge on any atom is -0.322 e. The van der Waals surface area contributed by atoms with Crippen molar-refractivity contribution in [2.75, 3.05) is 10.6 Å². The molecule has 1 aromatic heterocycles. The van der Waals surface area contributed by atoms with Crippen LogP contribution >= 0.6 is 11.8 Å². The van der Waals surface area contributed by atoms with Crippen molar-refractivity contribution in [3.8, 4) is 0 Å². The van der Waals surface area contributed by atoms with Crippen LogP contribution in [0.4, 0.5) is 11.4 Å². The molecule has 3 aromatic carbocycles. The summed E-state index contributed by atoms with van der Waals surface area (Å²) in [5.74, 6) is -0.455. The van der Waals surface area contributed by atoms with E-state index in [2.05, 4.69) is 15.6 Å². The second-order valence-corrected chi connectivity index (χ2v) is 8.14. The number of carbonyl (C=O) groups excluding carboxylic acids is 2. The van der Waals surface area contributed by atoms with Crippen molar-refractivity contribution < 1.29 is 9.59 Å². The number of amides is 2. The summed E-state index contributed by atoms with van der Waals surface area (Å²) < 4.78 is 0. The molecule has 0 unspecified atom stereocenters. The lowest BCUT2D eigenvalue weighted by molar-refractivity contribution is 0.101. The fraction of sp³-hybridized carbons (Fsp3) is 0.0385. The van der Waals surface area contributed by atoms with Crippen molar-refractivity contribution in [2.24, 2.45) is 0 Å². The van der Waals surface area contributed by atoms with Gasteiger partial charge in [0.2, 0.25) is 0 Å². The van der Waals surface area contributed by atoms with Gasteiger partial charge in [-0.15, -0.1) is 0 Å². The molecule has 0 bridgehead atoms. The molecule has 5 nitrogen and oxygen atoms in total. The molecule has 2 amide bonds. The molecule has 0 atom stereocenters. The standard InChI is InChI=1S/C26H21N3O2S/c1-18-22(26(31)28-20-8-3-2-4-9-20)10-7-11-23(18)29-25(30)19-13-15-21(16-14-19)32-24-12-5-6-17-27-24/h2-17H,1H3,(H,28,31)(H,29,30). The molecule has 0 radical (unpaired) electrons. The molecule has 0 aliphatic carbocycles. The summed E-state index contributed by atoms with van der Waals surface area (Å²) in [6.45, 7) is 1.82. The number of rotatable bonds is 6. The molecule has 6 heteroatoms. The number of anilines is 2. The summed E-state index contributed by atoms with van der Waals surface area (Å²) in [4.78, 5) is 30.8. The van der Waals surface area contributed by atoms with E-state index in [1.165, 1.54) is 11.8 Å². The average Bonchev–Trinajstić information content (AvgIpc) is 2.82. The van der Waals surface area contributed by atoms with Crippen LogP contribution in [0.1, 0.15) is 26.3 Å². The van der Waals surface area contributed by atoms with Crippen molar-refractivity contribution in [3.63, 3.8) is 0 Å². The van der Waals surface area contributed by atoms with Crippen molar-refractivity contribution in [2.45, 2.75) is 16.8 Å². The first-order chi connectivity index (χ1) is 15.6. The quantitative estimate of drug-likeness (QED) is 0.384. The molecule has 158 valence electrons. The lowest BCUT2D eigenvalue weighted by Crippen LogP contribution is -2.17. The maximum Gasteiger partial charge on any atom is 0.256 e. The lowest BCUT2D eigenvalue weighted by Gasteiger charge is -2.13. The molecule has 0 aliphatic heterocycles. The number of pyridine rings is 1. The number of carbonyl (C=O) groups is 2. The molecular formula is C26H21N3O2S. The highest BCUT2D eigenvalue weighted by atomic mass is 32.2. The minimum absolute atomic E-state index is 0.222. The number of nitrogens with zero attached hydrogens (tertiary/aromatic N) is 1. The van der Waals surface area contributed by atoms with Gasteiger partial charge in [-0.25, -0.2) is 4.98 Å². The van der Waals surface area contributed by atoms with Crippen LogP contribution in [0.3, 0.4) is 0 Å². The summed E-state index contributed by atoms with van der Waals surface area (Å²) in [6, 6.07) is 27.7. The Kier molecular flexibility index (Phi) is 6.63. The molecule has 0 saturated carbocycles. The Hall–Kier alpha value is -3.90. The maximum absolute atomic E-state index is 12.8. The van der Waals surface area contributed by atoms with E-state index in [0.29, 0.717) is 22.4 Å². The van der Waals surface area contributed by atoms with Crippen molar-refractivity contribution >= 4 is 35.0 Å². The van der Waals surface area contributed by atoms with Gasteiger partial charge in [0.25, 0.3) is 11.8 Å². The largest absolute Gasteiger partial charge is 0.322 e. The van der Waals surface area contributed by atoms with Gasteiger partial charge in [-0.2, -0.15) is 0 Å². The number of hydrogen-bond acceptors (Lipinski definition) is 4. The summed E-state index contributed by atoms with van der Waals surface area (Å²) in [5, 5.41) is 6.69. The van der Waals surface area contributed by atoms with E-state index in [0.717, 1.165) is 15.6 Å². The second-order valence-electron chi connectivity index (χ2n) is 7.05. The zero-order valence-electron chi connectivity index (χ0n) is 17.4. The molecule has 32 heavy (non-hydrogen) atoms. The molecular weight excluding hydrogens is 418 g/mol. The normalized spacial score (nSPS) is 10.4. The van der Waals surface area contributed by atoms with Crippen LogP contribution in [0.15, 0.2) is 107 Å². The van der Waals surface area contributed by atoms with Crippen LogP contribution in [0.5, 0.6) is 0 Å². The molecule has 1 heterocycles. The van der Waals surface area contributed by atoms with Crippen LogP contribution in [0, 0.1) is 6.92 Å². The Balaban J connectivity index is 1.45. The molecule has 4 rings (SSSR count). The van der Waals surface area contributed by atoms with Gasteiger partial charge < -0.3 is 10.6 Å². The van der Waals surface area contributed by atoms with Crippen LogP contribution in [-0.2, 0) is 0 Å². The predicted molar refractivity (Wildman–Crippen MR) is 128 cm³/mol. The van der Waals surface area contributed by atoms with Crippen molar-refractivity contribution in [1.82, 2.24) is 4.98 Å². The summed E-state index contributed by atoms with van der Waals surface area (Å²) in [6.07, 6.45) is 1.75. The Morgan fingerprint density at radius 2 is 1.50 bits per heavy atom. The number of benzene rings is 3. The minimum atomic E-state index is -0.233. The third-order valence-corrected chi connectivity index (χ3v) is 5.79. The van der Waals surface area contributed by atoms with Gasteiger partial charge in [-0.1, -0.05) is 42.1 Å². The summed E-state index contributed by atoms with van der Waals surface area (Å²) >= 11 is 1.53.